The molecule has 2 heterocycles. The van der Waals surface area contributed by atoms with Crippen molar-refractivity contribution in [2.24, 2.45) is 5.73 Å². The molecule has 0 spiro atoms. The first-order chi connectivity index (χ1) is 14.6. The van der Waals surface area contributed by atoms with Gasteiger partial charge in [0.05, 0.1) is 17.3 Å². The summed E-state index contributed by atoms with van der Waals surface area (Å²) in [6.07, 6.45) is 1.55. The van der Waals surface area contributed by atoms with Crippen LogP contribution in [0.25, 0.3) is 10.9 Å². The molecule has 5 heteroatoms. The van der Waals surface area contributed by atoms with Crippen LogP contribution in [0.5, 0.6) is 11.5 Å². The summed E-state index contributed by atoms with van der Waals surface area (Å²) in [4.78, 5) is 16.4. The van der Waals surface area contributed by atoms with E-state index in [4.69, 9.17) is 20.2 Å². The molecule has 0 aliphatic carbocycles. The lowest BCUT2D eigenvalue weighted by Gasteiger charge is -2.41. The highest BCUT2D eigenvalue weighted by atomic mass is 16.5. The quantitative estimate of drug-likeness (QED) is 0.469. The molecule has 3 aromatic rings. The van der Waals surface area contributed by atoms with Gasteiger partial charge in [-0.05, 0) is 81.8 Å². The summed E-state index contributed by atoms with van der Waals surface area (Å²) in [5.41, 5.74) is 13.1. The molecule has 5 nitrogen and oxygen atoms in total. The van der Waals surface area contributed by atoms with Gasteiger partial charge in [-0.2, -0.15) is 0 Å². The zero-order chi connectivity index (χ0) is 22.5. The smallest absolute Gasteiger partial charge is 0.308 e. The molecule has 2 atom stereocenters. The van der Waals surface area contributed by atoms with Crippen molar-refractivity contribution in [3.8, 4) is 11.5 Å². The molecule has 0 amide bonds. The number of esters is 1. The number of benzene rings is 2. The monoisotopic (exact) mass is 418 g/mol. The molecule has 1 aliphatic rings. The molecule has 0 bridgehead atoms. The Balaban J connectivity index is 1.74. The second kappa shape index (κ2) is 7.65. The number of ether oxygens (including phenoxy) is 2. The summed E-state index contributed by atoms with van der Waals surface area (Å²) in [7, 11) is 0. The van der Waals surface area contributed by atoms with E-state index in [0.29, 0.717) is 5.75 Å². The molecule has 0 radical (unpaired) electrons. The van der Waals surface area contributed by atoms with E-state index < -0.39 is 5.60 Å². The summed E-state index contributed by atoms with van der Waals surface area (Å²) in [6, 6.07) is 9.82. The average Bonchev–Trinajstić information content (AvgIpc) is 2.74. The summed E-state index contributed by atoms with van der Waals surface area (Å²) in [6.45, 7) is 11.5. The predicted molar refractivity (Wildman–Crippen MR) is 123 cm³/mol. The number of carbonyl (C=O) groups is 1. The number of aryl methyl sites for hydroxylation is 1. The highest BCUT2D eigenvalue weighted by molar-refractivity contribution is 5.82. The number of fused-ring (bicyclic) bond motifs is 2. The van der Waals surface area contributed by atoms with E-state index in [1.807, 2.05) is 39.0 Å². The predicted octanol–water partition coefficient (Wildman–Crippen LogP) is 5.18. The van der Waals surface area contributed by atoms with Crippen molar-refractivity contribution in [3.63, 3.8) is 0 Å². The summed E-state index contributed by atoms with van der Waals surface area (Å²) >= 11 is 0. The Bertz CT molecular complexity index is 1200. The standard InChI is InChI=1S/C26H30N2O3/c1-14-13-22(28-21-10-8-7-9-19(14)21)25(27)26(6)12-11-20-17(4)23(30-18(5)29)15(2)16(3)24(20)31-26/h7-10,13,25H,11-12,27H2,1-6H3. The van der Waals surface area contributed by atoms with Gasteiger partial charge in [-0.3, -0.25) is 9.78 Å². The molecule has 31 heavy (non-hydrogen) atoms. The summed E-state index contributed by atoms with van der Waals surface area (Å²) in [5, 5.41) is 1.14. The van der Waals surface area contributed by atoms with Crippen LogP contribution >= 0.6 is 0 Å². The molecule has 1 aliphatic heterocycles. The third-order valence-electron chi connectivity index (χ3n) is 6.68. The minimum atomic E-state index is -0.596. The molecular formula is C26H30N2O3. The van der Waals surface area contributed by atoms with Crippen molar-refractivity contribution in [2.45, 2.75) is 66.0 Å². The Labute approximate surface area is 183 Å². The lowest BCUT2D eigenvalue weighted by Crippen LogP contribution is -2.47. The van der Waals surface area contributed by atoms with Gasteiger partial charge < -0.3 is 15.2 Å². The molecule has 2 unspecified atom stereocenters. The van der Waals surface area contributed by atoms with Gasteiger partial charge in [0.15, 0.2) is 0 Å². The number of hydrogen-bond acceptors (Lipinski definition) is 5. The van der Waals surface area contributed by atoms with Gasteiger partial charge in [-0.1, -0.05) is 18.2 Å². The van der Waals surface area contributed by atoms with E-state index in [-0.39, 0.29) is 12.0 Å². The van der Waals surface area contributed by atoms with Crippen LogP contribution in [0.2, 0.25) is 0 Å². The Morgan fingerprint density at radius 2 is 1.87 bits per heavy atom. The van der Waals surface area contributed by atoms with E-state index in [9.17, 15) is 4.79 Å². The van der Waals surface area contributed by atoms with E-state index in [1.165, 1.54) is 6.92 Å². The van der Waals surface area contributed by atoms with E-state index in [1.54, 1.807) is 0 Å². The van der Waals surface area contributed by atoms with E-state index >= 15 is 0 Å². The Kier molecular flexibility index (Phi) is 5.26. The first-order valence-electron chi connectivity index (χ1n) is 10.7. The number of rotatable bonds is 3. The number of nitrogens with zero attached hydrogens (tertiary/aromatic N) is 1. The molecule has 4 rings (SSSR count). The third kappa shape index (κ3) is 3.57. The number of hydrogen-bond donors (Lipinski definition) is 1. The fraction of sp³-hybridized carbons (Fsp3) is 0.385. The molecule has 2 N–H and O–H groups in total. The van der Waals surface area contributed by atoms with Crippen molar-refractivity contribution >= 4 is 16.9 Å². The highest BCUT2D eigenvalue weighted by Crippen LogP contribution is 2.46. The third-order valence-corrected chi connectivity index (χ3v) is 6.68. The molecule has 0 fully saturated rings. The van der Waals surface area contributed by atoms with Crippen molar-refractivity contribution in [1.82, 2.24) is 4.98 Å². The van der Waals surface area contributed by atoms with E-state index in [0.717, 1.165) is 63.0 Å². The second-order valence-electron chi connectivity index (χ2n) is 8.88. The van der Waals surface area contributed by atoms with Crippen LogP contribution in [-0.2, 0) is 11.2 Å². The summed E-state index contributed by atoms with van der Waals surface area (Å²) < 4.78 is 12.2. The van der Waals surface area contributed by atoms with Gasteiger partial charge in [0.1, 0.15) is 17.1 Å². The maximum atomic E-state index is 11.6. The zero-order valence-electron chi connectivity index (χ0n) is 19.1. The molecule has 1 aromatic heterocycles. The molecule has 0 saturated heterocycles. The van der Waals surface area contributed by atoms with Crippen LogP contribution in [-0.4, -0.2) is 16.6 Å². The normalized spacial score (nSPS) is 18.9. The topological polar surface area (TPSA) is 74.4 Å². The highest BCUT2D eigenvalue weighted by Gasteiger charge is 2.41. The average molecular weight is 419 g/mol. The van der Waals surface area contributed by atoms with Gasteiger partial charge >= 0.3 is 5.97 Å². The van der Waals surface area contributed by atoms with Gasteiger partial charge in [0.2, 0.25) is 0 Å². The van der Waals surface area contributed by atoms with Gasteiger partial charge in [0, 0.05) is 17.9 Å². The maximum absolute atomic E-state index is 11.6. The Morgan fingerprint density at radius 1 is 1.16 bits per heavy atom. The van der Waals surface area contributed by atoms with Crippen LogP contribution in [0.3, 0.4) is 0 Å². The van der Waals surface area contributed by atoms with Crippen LogP contribution in [0.15, 0.2) is 30.3 Å². The number of pyridine rings is 1. The molecular weight excluding hydrogens is 388 g/mol. The minimum absolute atomic E-state index is 0.313. The van der Waals surface area contributed by atoms with E-state index in [2.05, 4.69) is 26.0 Å². The van der Waals surface area contributed by atoms with Crippen LogP contribution in [0.1, 0.15) is 59.8 Å². The lowest BCUT2D eigenvalue weighted by molar-refractivity contribution is -0.132. The van der Waals surface area contributed by atoms with Gasteiger partial charge in [-0.25, -0.2) is 0 Å². The molecule has 162 valence electrons. The van der Waals surface area contributed by atoms with Crippen molar-refractivity contribution < 1.29 is 14.3 Å². The largest absolute Gasteiger partial charge is 0.485 e. The van der Waals surface area contributed by atoms with Crippen LogP contribution in [0.4, 0.5) is 0 Å². The Hall–Kier alpha value is -2.92. The second-order valence-corrected chi connectivity index (χ2v) is 8.88. The Morgan fingerprint density at radius 3 is 2.58 bits per heavy atom. The molecule has 2 aromatic carbocycles. The fourth-order valence-electron chi connectivity index (χ4n) is 4.62. The van der Waals surface area contributed by atoms with Crippen molar-refractivity contribution in [1.29, 1.82) is 0 Å². The first-order valence-corrected chi connectivity index (χ1v) is 10.7. The van der Waals surface area contributed by atoms with Crippen LogP contribution < -0.4 is 15.2 Å². The van der Waals surface area contributed by atoms with Gasteiger partial charge in [0.25, 0.3) is 0 Å². The van der Waals surface area contributed by atoms with Crippen molar-refractivity contribution in [3.05, 3.63) is 63.8 Å². The minimum Gasteiger partial charge on any atom is -0.485 e. The number of aromatic nitrogens is 1. The fourth-order valence-corrected chi connectivity index (χ4v) is 4.62. The number of para-hydroxylation sites is 1. The van der Waals surface area contributed by atoms with Gasteiger partial charge in [-0.15, -0.1) is 0 Å². The van der Waals surface area contributed by atoms with Crippen LogP contribution in [0, 0.1) is 27.7 Å². The number of carbonyl (C=O) groups excluding carboxylic acids is 1. The number of nitrogens with two attached hydrogens (primary N) is 1. The SMILES string of the molecule is CC(=O)Oc1c(C)c(C)c2c(c1C)CCC(C)(C(N)c1cc(C)c3ccccc3n1)O2. The summed E-state index contributed by atoms with van der Waals surface area (Å²) in [5.74, 6) is 1.19. The maximum Gasteiger partial charge on any atom is 0.308 e. The van der Waals surface area contributed by atoms with Crippen molar-refractivity contribution in [2.75, 3.05) is 0 Å². The molecule has 0 saturated carbocycles. The lowest BCUT2D eigenvalue weighted by atomic mass is 9.82. The zero-order valence-corrected chi connectivity index (χ0v) is 19.1. The first kappa shape index (κ1) is 21.3.